The molecule has 0 aliphatic carbocycles. The van der Waals surface area contributed by atoms with Gasteiger partial charge in [0.05, 0.1) is 6.67 Å². The molecule has 68 valence electrons. The lowest BCUT2D eigenvalue weighted by Crippen LogP contribution is -2.61. The average Bonchev–Trinajstić information content (AvgIpc) is 2.29. The number of fused-ring (bicyclic) bond motifs is 1. The Bertz CT molecular complexity index is 206. The van der Waals surface area contributed by atoms with Gasteiger partial charge in [0.1, 0.15) is 6.04 Å². The fraction of sp³-hybridized carbons (Fsp3) is 0.875. The molecule has 4 nitrogen and oxygen atoms in total. The number of hydrogen-bond donors (Lipinski definition) is 2. The summed E-state index contributed by atoms with van der Waals surface area (Å²) in [5, 5.41) is 4.90. The molecule has 2 saturated heterocycles. The van der Waals surface area contributed by atoms with E-state index in [1.165, 1.54) is 0 Å². The third-order valence-corrected chi connectivity index (χ3v) is 2.82. The summed E-state index contributed by atoms with van der Waals surface area (Å²) in [5.41, 5.74) is 3.19. The van der Waals surface area contributed by atoms with Crippen molar-refractivity contribution >= 4 is 5.91 Å². The minimum absolute atomic E-state index is 0.0498. The van der Waals surface area contributed by atoms with Crippen molar-refractivity contribution in [1.29, 1.82) is 0 Å². The Morgan fingerprint density at radius 2 is 2.25 bits per heavy atom. The van der Waals surface area contributed by atoms with Gasteiger partial charge in [-0.05, 0) is 19.3 Å². The Kier molecular flexibility index (Phi) is 1.81. The van der Waals surface area contributed by atoms with Gasteiger partial charge in [-0.15, -0.1) is 0 Å². The summed E-state index contributed by atoms with van der Waals surface area (Å²) in [4.78, 5) is 11.4. The first-order chi connectivity index (χ1) is 5.70. The summed E-state index contributed by atoms with van der Waals surface area (Å²) < 4.78 is 0. The van der Waals surface area contributed by atoms with Crippen LogP contribution in [0.5, 0.6) is 0 Å². The Hall–Kier alpha value is -0.610. The third-order valence-electron chi connectivity index (χ3n) is 2.82. The molecule has 2 aliphatic heterocycles. The molecule has 2 N–H and O–H groups in total. The topological polar surface area (TPSA) is 44.4 Å². The van der Waals surface area contributed by atoms with Gasteiger partial charge in [-0.3, -0.25) is 4.79 Å². The van der Waals surface area contributed by atoms with E-state index in [2.05, 4.69) is 29.6 Å². The van der Waals surface area contributed by atoms with E-state index in [1.54, 1.807) is 0 Å². The number of carbonyl (C=O) groups excluding carboxylic acids is 1. The van der Waals surface area contributed by atoms with Crippen LogP contribution >= 0.6 is 0 Å². The SMILES string of the molecule is CC1CC(C)N2NCNC(=O)C12. The van der Waals surface area contributed by atoms with Crippen molar-refractivity contribution in [2.45, 2.75) is 32.4 Å². The minimum Gasteiger partial charge on any atom is -0.341 e. The van der Waals surface area contributed by atoms with Crippen molar-refractivity contribution in [2.24, 2.45) is 5.92 Å². The molecule has 12 heavy (non-hydrogen) atoms. The molecular weight excluding hydrogens is 154 g/mol. The van der Waals surface area contributed by atoms with Gasteiger partial charge in [0.25, 0.3) is 0 Å². The maximum Gasteiger partial charge on any atom is 0.240 e. The lowest BCUT2D eigenvalue weighted by molar-refractivity contribution is -0.132. The molecule has 2 heterocycles. The van der Waals surface area contributed by atoms with Crippen molar-refractivity contribution in [3.05, 3.63) is 0 Å². The van der Waals surface area contributed by atoms with Gasteiger partial charge in [-0.25, -0.2) is 10.4 Å². The van der Waals surface area contributed by atoms with Crippen LogP contribution in [0.4, 0.5) is 0 Å². The summed E-state index contributed by atoms with van der Waals surface area (Å²) in [6.45, 7) is 4.86. The maximum absolute atomic E-state index is 11.4. The van der Waals surface area contributed by atoms with Crippen LogP contribution in [0.2, 0.25) is 0 Å². The van der Waals surface area contributed by atoms with Gasteiger partial charge in [0.15, 0.2) is 0 Å². The Balaban J connectivity index is 2.19. The molecular formula is C8H15N3O. The zero-order chi connectivity index (χ0) is 8.72. The molecule has 0 aromatic heterocycles. The first-order valence-electron chi connectivity index (χ1n) is 4.49. The molecule has 2 rings (SSSR count). The van der Waals surface area contributed by atoms with Crippen LogP contribution in [0.3, 0.4) is 0 Å². The fourth-order valence-electron chi connectivity index (χ4n) is 2.29. The van der Waals surface area contributed by atoms with Crippen LogP contribution in [0.15, 0.2) is 0 Å². The summed E-state index contributed by atoms with van der Waals surface area (Å²) in [7, 11) is 0. The van der Waals surface area contributed by atoms with Gasteiger partial charge in [-0.2, -0.15) is 0 Å². The van der Waals surface area contributed by atoms with E-state index < -0.39 is 0 Å². The summed E-state index contributed by atoms with van der Waals surface area (Å²) in [6, 6.07) is 0.532. The standard InChI is InChI=1S/C8H15N3O/c1-5-3-6(2)11-7(5)8(12)9-4-10-11/h5-7,10H,3-4H2,1-2H3,(H,9,12). The molecule has 2 fully saturated rings. The van der Waals surface area contributed by atoms with Gasteiger partial charge in [-0.1, -0.05) is 6.92 Å². The van der Waals surface area contributed by atoms with E-state index in [0.29, 0.717) is 18.6 Å². The number of hydrogen-bond acceptors (Lipinski definition) is 3. The van der Waals surface area contributed by atoms with Crippen LogP contribution in [0.1, 0.15) is 20.3 Å². The fourth-order valence-corrected chi connectivity index (χ4v) is 2.29. The predicted octanol–water partition coefficient (Wildman–Crippen LogP) is -0.323. The van der Waals surface area contributed by atoms with Crippen molar-refractivity contribution < 1.29 is 4.79 Å². The molecule has 4 heteroatoms. The average molecular weight is 169 g/mol. The van der Waals surface area contributed by atoms with Crippen LogP contribution in [-0.4, -0.2) is 29.7 Å². The van der Waals surface area contributed by atoms with E-state index in [-0.39, 0.29) is 11.9 Å². The van der Waals surface area contributed by atoms with E-state index >= 15 is 0 Å². The van der Waals surface area contributed by atoms with Gasteiger partial charge in [0.2, 0.25) is 5.91 Å². The van der Waals surface area contributed by atoms with Crippen LogP contribution in [-0.2, 0) is 4.79 Å². The van der Waals surface area contributed by atoms with E-state index in [1.807, 2.05) is 0 Å². The molecule has 2 aliphatic rings. The Morgan fingerprint density at radius 3 is 2.92 bits per heavy atom. The van der Waals surface area contributed by atoms with Gasteiger partial charge in [0, 0.05) is 6.04 Å². The number of carbonyl (C=O) groups is 1. The molecule has 0 saturated carbocycles. The monoisotopic (exact) mass is 169 g/mol. The molecule has 0 spiro atoms. The lowest BCUT2D eigenvalue weighted by atomic mass is 10.0. The van der Waals surface area contributed by atoms with Crippen LogP contribution in [0.25, 0.3) is 0 Å². The molecule has 3 unspecified atom stereocenters. The largest absolute Gasteiger partial charge is 0.341 e. The number of nitrogens with zero attached hydrogens (tertiary/aromatic N) is 1. The second kappa shape index (κ2) is 2.71. The third kappa shape index (κ3) is 1.03. The highest BCUT2D eigenvalue weighted by Crippen LogP contribution is 2.28. The first kappa shape index (κ1) is 8.01. The number of rotatable bonds is 0. The van der Waals surface area contributed by atoms with Crippen LogP contribution < -0.4 is 10.7 Å². The highest BCUT2D eigenvalue weighted by atomic mass is 16.2. The Labute approximate surface area is 72.3 Å². The van der Waals surface area contributed by atoms with Crippen molar-refractivity contribution in [3.63, 3.8) is 0 Å². The Morgan fingerprint density at radius 1 is 1.50 bits per heavy atom. The lowest BCUT2D eigenvalue weighted by Gasteiger charge is -2.33. The summed E-state index contributed by atoms with van der Waals surface area (Å²) >= 11 is 0. The zero-order valence-electron chi connectivity index (χ0n) is 7.50. The molecule has 0 aromatic carbocycles. The van der Waals surface area contributed by atoms with Gasteiger partial charge < -0.3 is 5.32 Å². The molecule has 3 atom stereocenters. The van der Waals surface area contributed by atoms with Crippen molar-refractivity contribution in [1.82, 2.24) is 15.8 Å². The van der Waals surface area contributed by atoms with E-state index in [0.717, 1.165) is 6.42 Å². The van der Waals surface area contributed by atoms with E-state index in [9.17, 15) is 4.79 Å². The molecule has 0 aromatic rings. The van der Waals surface area contributed by atoms with Crippen molar-refractivity contribution in [3.8, 4) is 0 Å². The maximum atomic E-state index is 11.4. The van der Waals surface area contributed by atoms with Crippen molar-refractivity contribution in [2.75, 3.05) is 6.67 Å². The number of amides is 1. The van der Waals surface area contributed by atoms with E-state index in [4.69, 9.17) is 0 Å². The summed E-state index contributed by atoms with van der Waals surface area (Å²) in [6.07, 6.45) is 1.10. The molecule has 0 radical (unpaired) electrons. The van der Waals surface area contributed by atoms with Gasteiger partial charge >= 0.3 is 0 Å². The second-order valence-corrected chi connectivity index (χ2v) is 3.79. The second-order valence-electron chi connectivity index (χ2n) is 3.79. The molecule has 1 amide bonds. The smallest absolute Gasteiger partial charge is 0.240 e. The first-order valence-corrected chi connectivity index (χ1v) is 4.49. The normalized spacial score (nSPS) is 42.5. The quantitative estimate of drug-likeness (QED) is 0.522. The number of hydrazine groups is 1. The molecule has 0 bridgehead atoms. The number of nitrogens with one attached hydrogen (secondary N) is 2. The summed E-state index contributed by atoms with van der Waals surface area (Å²) in [5.74, 6) is 0.637. The zero-order valence-corrected chi connectivity index (χ0v) is 7.50. The highest BCUT2D eigenvalue weighted by Gasteiger charge is 2.42. The minimum atomic E-state index is 0.0498. The highest BCUT2D eigenvalue weighted by molar-refractivity contribution is 5.82. The predicted molar refractivity (Wildman–Crippen MR) is 45.0 cm³/mol. The van der Waals surface area contributed by atoms with Crippen LogP contribution in [0, 0.1) is 5.92 Å².